The van der Waals surface area contributed by atoms with Crippen LogP contribution in [0, 0.1) is 6.92 Å². The number of amides is 1. The summed E-state index contributed by atoms with van der Waals surface area (Å²) in [5.74, 6) is 1.19. The first-order valence-electron chi connectivity index (χ1n) is 6.67. The monoisotopic (exact) mass is 249 g/mol. The van der Waals surface area contributed by atoms with Gasteiger partial charge in [-0.1, -0.05) is 0 Å². The summed E-state index contributed by atoms with van der Waals surface area (Å²) < 4.78 is 7.55. The third-order valence-corrected chi connectivity index (χ3v) is 3.68. The van der Waals surface area contributed by atoms with Crippen LogP contribution in [0.15, 0.2) is 6.20 Å². The van der Waals surface area contributed by atoms with E-state index in [0.717, 1.165) is 43.7 Å². The third-order valence-electron chi connectivity index (χ3n) is 3.68. The highest BCUT2D eigenvalue weighted by Crippen LogP contribution is 2.17. The van der Waals surface area contributed by atoms with Crippen molar-refractivity contribution in [1.29, 1.82) is 0 Å². The highest BCUT2D eigenvalue weighted by Gasteiger charge is 2.27. The van der Waals surface area contributed by atoms with Crippen LogP contribution in [0.3, 0.4) is 0 Å². The Labute approximate surface area is 107 Å². The standard InChI is InChI=1S/C13H19N3O2/c1-9-7-16-8-10(4-5-12(16)14-9)15-13(17)11-3-2-6-18-11/h7,10-11H,2-6,8H2,1H3,(H,15,17)/t10-,11+/m1/s1. The van der Waals surface area contributed by atoms with Crippen LogP contribution >= 0.6 is 0 Å². The summed E-state index contributed by atoms with van der Waals surface area (Å²) in [5.41, 5.74) is 1.05. The van der Waals surface area contributed by atoms with Crippen LogP contribution in [0.25, 0.3) is 0 Å². The molecular formula is C13H19N3O2. The maximum atomic E-state index is 12.0. The van der Waals surface area contributed by atoms with Crippen molar-refractivity contribution in [1.82, 2.24) is 14.9 Å². The number of imidazole rings is 1. The van der Waals surface area contributed by atoms with Gasteiger partial charge in [0.05, 0.1) is 5.69 Å². The van der Waals surface area contributed by atoms with Gasteiger partial charge in [0.15, 0.2) is 0 Å². The lowest BCUT2D eigenvalue weighted by Crippen LogP contribution is -2.45. The summed E-state index contributed by atoms with van der Waals surface area (Å²) in [7, 11) is 0. The Hall–Kier alpha value is -1.36. The molecule has 0 aromatic carbocycles. The predicted octanol–water partition coefficient (Wildman–Crippen LogP) is 0.802. The predicted molar refractivity (Wildman–Crippen MR) is 66.2 cm³/mol. The first-order valence-corrected chi connectivity index (χ1v) is 6.67. The largest absolute Gasteiger partial charge is 0.368 e. The van der Waals surface area contributed by atoms with E-state index in [2.05, 4.69) is 21.1 Å². The molecule has 0 unspecified atom stereocenters. The maximum absolute atomic E-state index is 12.0. The summed E-state index contributed by atoms with van der Waals surface area (Å²) in [5, 5.41) is 3.10. The zero-order chi connectivity index (χ0) is 12.5. The van der Waals surface area contributed by atoms with E-state index in [-0.39, 0.29) is 18.1 Å². The van der Waals surface area contributed by atoms with Crippen molar-refractivity contribution in [2.75, 3.05) is 6.61 Å². The van der Waals surface area contributed by atoms with E-state index in [1.807, 2.05) is 6.92 Å². The van der Waals surface area contributed by atoms with Gasteiger partial charge in [0, 0.05) is 31.8 Å². The number of hydrogen-bond donors (Lipinski definition) is 1. The van der Waals surface area contributed by atoms with Crippen molar-refractivity contribution in [3.05, 3.63) is 17.7 Å². The number of rotatable bonds is 2. The fourth-order valence-electron chi connectivity index (χ4n) is 2.78. The number of carbonyl (C=O) groups is 1. The molecule has 1 fully saturated rings. The van der Waals surface area contributed by atoms with E-state index in [1.165, 1.54) is 0 Å². The third kappa shape index (κ3) is 2.27. The normalized spacial score (nSPS) is 26.9. The zero-order valence-electron chi connectivity index (χ0n) is 10.7. The van der Waals surface area contributed by atoms with Gasteiger partial charge < -0.3 is 14.6 Å². The highest BCUT2D eigenvalue weighted by atomic mass is 16.5. The minimum Gasteiger partial charge on any atom is -0.368 e. The molecule has 5 heteroatoms. The van der Waals surface area contributed by atoms with Crippen LogP contribution in [0.4, 0.5) is 0 Å². The average Bonchev–Trinajstić information content (AvgIpc) is 2.95. The van der Waals surface area contributed by atoms with Gasteiger partial charge in [-0.25, -0.2) is 4.98 Å². The molecule has 1 amide bonds. The van der Waals surface area contributed by atoms with E-state index in [9.17, 15) is 4.79 Å². The van der Waals surface area contributed by atoms with E-state index in [0.29, 0.717) is 6.61 Å². The van der Waals surface area contributed by atoms with Crippen molar-refractivity contribution in [3.63, 3.8) is 0 Å². The van der Waals surface area contributed by atoms with Crippen molar-refractivity contribution in [3.8, 4) is 0 Å². The second-order valence-electron chi connectivity index (χ2n) is 5.20. The molecule has 18 heavy (non-hydrogen) atoms. The van der Waals surface area contributed by atoms with Crippen LogP contribution in [-0.2, 0) is 22.5 Å². The van der Waals surface area contributed by atoms with Gasteiger partial charge in [0.2, 0.25) is 5.91 Å². The molecule has 0 radical (unpaired) electrons. The highest BCUT2D eigenvalue weighted by molar-refractivity contribution is 5.81. The van der Waals surface area contributed by atoms with E-state index in [4.69, 9.17) is 4.74 Å². The maximum Gasteiger partial charge on any atom is 0.249 e. The van der Waals surface area contributed by atoms with Crippen LogP contribution < -0.4 is 5.32 Å². The Morgan fingerprint density at radius 3 is 3.22 bits per heavy atom. The van der Waals surface area contributed by atoms with Crippen molar-refractivity contribution >= 4 is 5.91 Å². The van der Waals surface area contributed by atoms with Gasteiger partial charge in [0.25, 0.3) is 0 Å². The Kier molecular flexibility index (Phi) is 3.07. The number of carbonyl (C=O) groups excluding carboxylic acids is 1. The smallest absolute Gasteiger partial charge is 0.249 e. The van der Waals surface area contributed by atoms with Crippen LogP contribution in [0.1, 0.15) is 30.8 Å². The fraction of sp³-hybridized carbons (Fsp3) is 0.692. The molecule has 3 heterocycles. The van der Waals surface area contributed by atoms with E-state index < -0.39 is 0 Å². The molecule has 98 valence electrons. The molecule has 1 N–H and O–H groups in total. The minimum absolute atomic E-state index is 0.0535. The molecule has 5 nitrogen and oxygen atoms in total. The molecular weight excluding hydrogens is 230 g/mol. The zero-order valence-corrected chi connectivity index (χ0v) is 10.7. The summed E-state index contributed by atoms with van der Waals surface area (Å²) in [6.07, 6.45) is 5.58. The lowest BCUT2D eigenvalue weighted by atomic mass is 10.1. The second-order valence-corrected chi connectivity index (χ2v) is 5.20. The Bertz CT molecular complexity index is 449. The van der Waals surface area contributed by atoms with Crippen LogP contribution in [0.5, 0.6) is 0 Å². The molecule has 0 bridgehead atoms. The van der Waals surface area contributed by atoms with E-state index in [1.54, 1.807) is 0 Å². The number of ether oxygens (including phenoxy) is 1. The van der Waals surface area contributed by atoms with Gasteiger partial charge in [0.1, 0.15) is 11.9 Å². The Balaban J connectivity index is 1.60. The van der Waals surface area contributed by atoms with Crippen molar-refractivity contribution in [2.24, 2.45) is 0 Å². The molecule has 2 aliphatic rings. The molecule has 3 rings (SSSR count). The van der Waals surface area contributed by atoms with Crippen LogP contribution in [0.2, 0.25) is 0 Å². The van der Waals surface area contributed by atoms with Gasteiger partial charge >= 0.3 is 0 Å². The second kappa shape index (κ2) is 4.72. The number of aromatic nitrogens is 2. The van der Waals surface area contributed by atoms with E-state index >= 15 is 0 Å². The lowest BCUT2D eigenvalue weighted by molar-refractivity contribution is -0.131. The quantitative estimate of drug-likeness (QED) is 0.843. The topological polar surface area (TPSA) is 56.2 Å². The SMILES string of the molecule is Cc1cn2c(n1)CC[C@@H](NC(=O)[C@@H]1CCCO1)C2. The molecule has 0 saturated carbocycles. The fourth-order valence-corrected chi connectivity index (χ4v) is 2.78. The molecule has 2 aliphatic heterocycles. The van der Waals surface area contributed by atoms with Gasteiger partial charge in [-0.3, -0.25) is 4.79 Å². The first-order chi connectivity index (χ1) is 8.72. The summed E-state index contributed by atoms with van der Waals surface area (Å²) in [6, 6.07) is 0.211. The first kappa shape index (κ1) is 11.7. The molecule has 0 spiro atoms. The molecule has 1 aromatic heterocycles. The molecule has 0 aliphatic carbocycles. The Morgan fingerprint density at radius 2 is 2.44 bits per heavy atom. The summed E-state index contributed by atoms with van der Waals surface area (Å²) in [6.45, 7) is 3.55. The lowest BCUT2D eigenvalue weighted by Gasteiger charge is -2.25. The van der Waals surface area contributed by atoms with Crippen LogP contribution in [-0.4, -0.2) is 34.2 Å². The Morgan fingerprint density at radius 1 is 1.56 bits per heavy atom. The van der Waals surface area contributed by atoms with Gasteiger partial charge in [-0.05, 0) is 26.2 Å². The van der Waals surface area contributed by atoms with Gasteiger partial charge in [-0.15, -0.1) is 0 Å². The van der Waals surface area contributed by atoms with Gasteiger partial charge in [-0.2, -0.15) is 0 Å². The number of aryl methyl sites for hydroxylation is 2. The van der Waals surface area contributed by atoms with Crippen molar-refractivity contribution in [2.45, 2.75) is 51.3 Å². The average molecular weight is 249 g/mol. The van der Waals surface area contributed by atoms with Crippen molar-refractivity contribution < 1.29 is 9.53 Å². The molecule has 1 saturated heterocycles. The summed E-state index contributed by atoms with van der Waals surface area (Å²) >= 11 is 0. The minimum atomic E-state index is -0.226. The summed E-state index contributed by atoms with van der Waals surface area (Å²) in [4.78, 5) is 16.4. The number of hydrogen-bond acceptors (Lipinski definition) is 3. The molecule has 2 atom stereocenters. The number of nitrogens with one attached hydrogen (secondary N) is 1. The number of fused-ring (bicyclic) bond motifs is 1. The number of nitrogens with zero attached hydrogens (tertiary/aromatic N) is 2. The molecule has 1 aromatic rings.